The van der Waals surface area contributed by atoms with Gasteiger partial charge in [0.25, 0.3) is 5.91 Å². The topological polar surface area (TPSA) is 56.4 Å². The van der Waals surface area contributed by atoms with Crippen LogP contribution in [-0.4, -0.2) is 46.2 Å². The molecule has 5 heteroatoms. The van der Waals surface area contributed by atoms with Crippen LogP contribution in [0.3, 0.4) is 0 Å². The van der Waals surface area contributed by atoms with E-state index in [2.05, 4.69) is 62.2 Å². The molecule has 2 aliphatic rings. The summed E-state index contributed by atoms with van der Waals surface area (Å²) in [7, 11) is 0. The second-order valence-electron chi connectivity index (χ2n) is 10.1. The molecule has 172 valence electrons. The maximum atomic E-state index is 13.9. The molecule has 2 atom stereocenters. The second-order valence-corrected chi connectivity index (χ2v) is 10.1. The first-order valence-electron chi connectivity index (χ1n) is 12.1. The standard InChI is InChI=1S/C28H33N3O2/c1-5-19-10-12-20(13-11-19)22-16-31-24(32)17-30(15-14-18(2)3)27(33)28(31,4)26-25(22)21-8-6-7-9-23(21)29-26/h6-13,18,22,29H,5,14-17H2,1-4H3/t22-,28+/m1/s1. The van der Waals surface area contributed by atoms with Crippen LogP contribution in [-0.2, 0) is 21.5 Å². The Labute approximate surface area is 195 Å². The largest absolute Gasteiger partial charge is 0.356 e. The number of carbonyl (C=O) groups is 2. The molecule has 0 aliphatic carbocycles. The molecular formula is C28H33N3O2. The number of nitrogens with zero attached hydrogens (tertiary/aromatic N) is 2. The molecule has 33 heavy (non-hydrogen) atoms. The van der Waals surface area contributed by atoms with Crippen LogP contribution in [0.4, 0.5) is 0 Å². The van der Waals surface area contributed by atoms with Crippen LogP contribution in [0.15, 0.2) is 48.5 Å². The molecule has 1 fully saturated rings. The quantitative estimate of drug-likeness (QED) is 0.615. The smallest absolute Gasteiger partial charge is 0.254 e. The summed E-state index contributed by atoms with van der Waals surface area (Å²) in [4.78, 5) is 34.5. The van der Waals surface area contributed by atoms with Crippen molar-refractivity contribution in [2.45, 2.75) is 52.0 Å². The number of benzene rings is 2. The molecule has 0 spiro atoms. The molecule has 2 aliphatic heterocycles. The molecule has 1 N–H and O–H groups in total. The predicted molar refractivity (Wildman–Crippen MR) is 131 cm³/mol. The summed E-state index contributed by atoms with van der Waals surface area (Å²) in [6.45, 7) is 9.67. The fraction of sp³-hybridized carbons (Fsp3) is 0.429. The van der Waals surface area contributed by atoms with E-state index in [1.807, 2.05) is 24.0 Å². The average Bonchev–Trinajstić information content (AvgIpc) is 3.21. The Kier molecular flexibility index (Phi) is 5.31. The van der Waals surface area contributed by atoms with Crippen LogP contribution in [0.5, 0.6) is 0 Å². The van der Waals surface area contributed by atoms with E-state index in [0.29, 0.717) is 19.0 Å². The number of nitrogens with one attached hydrogen (secondary N) is 1. The zero-order valence-corrected chi connectivity index (χ0v) is 20.0. The van der Waals surface area contributed by atoms with Gasteiger partial charge in [-0.2, -0.15) is 0 Å². The molecule has 0 saturated carbocycles. The number of piperazine rings is 1. The van der Waals surface area contributed by atoms with Gasteiger partial charge in [0.1, 0.15) is 0 Å². The number of fused-ring (bicyclic) bond motifs is 5. The third-order valence-electron chi connectivity index (χ3n) is 7.58. The Morgan fingerprint density at radius 3 is 2.52 bits per heavy atom. The minimum absolute atomic E-state index is 0.0223. The fourth-order valence-corrected chi connectivity index (χ4v) is 5.56. The maximum absolute atomic E-state index is 13.9. The molecule has 1 saturated heterocycles. The predicted octanol–water partition coefficient (Wildman–Crippen LogP) is 4.81. The van der Waals surface area contributed by atoms with Crippen LogP contribution >= 0.6 is 0 Å². The van der Waals surface area contributed by atoms with Crippen LogP contribution < -0.4 is 0 Å². The summed E-state index contributed by atoms with van der Waals surface area (Å²) in [6.07, 6.45) is 1.88. The molecule has 3 aromatic rings. The third-order valence-corrected chi connectivity index (χ3v) is 7.58. The highest BCUT2D eigenvalue weighted by Crippen LogP contribution is 2.48. The second kappa shape index (κ2) is 8.05. The zero-order valence-electron chi connectivity index (χ0n) is 20.0. The van der Waals surface area contributed by atoms with E-state index >= 15 is 0 Å². The highest BCUT2D eigenvalue weighted by atomic mass is 16.2. The lowest BCUT2D eigenvalue weighted by Crippen LogP contribution is -2.67. The lowest BCUT2D eigenvalue weighted by molar-refractivity contribution is -0.166. The number of aromatic nitrogens is 1. The van der Waals surface area contributed by atoms with Gasteiger partial charge in [0.2, 0.25) is 5.91 Å². The van der Waals surface area contributed by atoms with E-state index < -0.39 is 5.54 Å². The number of carbonyl (C=O) groups excluding carboxylic acids is 2. The van der Waals surface area contributed by atoms with Gasteiger partial charge >= 0.3 is 0 Å². The van der Waals surface area contributed by atoms with Crippen molar-refractivity contribution in [1.29, 1.82) is 0 Å². The molecule has 1 aromatic heterocycles. The lowest BCUT2D eigenvalue weighted by atomic mass is 9.76. The highest BCUT2D eigenvalue weighted by molar-refractivity contribution is 6.01. The average molecular weight is 444 g/mol. The summed E-state index contributed by atoms with van der Waals surface area (Å²) in [5, 5.41) is 1.14. The summed E-state index contributed by atoms with van der Waals surface area (Å²) in [6, 6.07) is 17.0. The van der Waals surface area contributed by atoms with Crippen molar-refractivity contribution in [2.75, 3.05) is 19.6 Å². The number of hydrogen-bond acceptors (Lipinski definition) is 2. The van der Waals surface area contributed by atoms with E-state index in [0.717, 1.165) is 35.0 Å². The van der Waals surface area contributed by atoms with Crippen molar-refractivity contribution in [2.24, 2.45) is 5.92 Å². The van der Waals surface area contributed by atoms with Gasteiger partial charge in [0.05, 0.1) is 12.2 Å². The van der Waals surface area contributed by atoms with Gasteiger partial charge in [-0.05, 0) is 48.4 Å². The SMILES string of the molecule is CCc1ccc([C@H]2CN3C(=O)CN(CCC(C)C)C(=O)[C@]3(C)c3[nH]c4ccccc4c32)cc1. The molecule has 0 radical (unpaired) electrons. The molecule has 2 amide bonds. The van der Waals surface area contributed by atoms with Crippen LogP contribution in [0.1, 0.15) is 62.4 Å². The number of amides is 2. The number of rotatable bonds is 5. The molecule has 5 nitrogen and oxygen atoms in total. The van der Waals surface area contributed by atoms with Gasteiger partial charge in [-0.25, -0.2) is 0 Å². The molecule has 2 aromatic carbocycles. The Balaban J connectivity index is 1.67. The minimum atomic E-state index is -1.01. The van der Waals surface area contributed by atoms with Gasteiger partial charge in [-0.3, -0.25) is 9.59 Å². The maximum Gasteiger partial charge on any atom is 0.254 e. The first kappa shape index (κ1) is 21.7. The summed E-state index contributed by atoms with van der Waals surface area (Å²) >= 11 is 0. The summed E-state index contributed by atoms with van der Waals surface area (Å²) in [5.41, 5.74) is 4.50. The van der Waals surface area contributed by atoms with Gasteiger partial charge in [-0.1, -0.05) is 63.2 Å². The monoisotopic (exact) mass is 443 g/mol. The van der Waals surface area contributed by atoms with E-state index in [-0.39, 0.29) is 24.3 Å². The van der Waals surface area contributed by atoms with E-state index in [1.54, 1.807) is 4.90 Å². The number of aryl methyl sites for hydroxylation is 1. The number of H-pyrrole nitrogens is 1. The Bertz CT molecular complexity index is 1210. The molecular weight excluding hydrogens is 410 g/mol. The van der Waals surface area contributed by atoms with E-state index in [1.165, 1.54) is 11.1 Å². The van der Waals surface area contributed by atoms with Gasteiger partial charge < -0.3 is 14.8 Å². The normalized spacial score (nSPS) is 22.8. The summed E-state index contributed by atoms with van der Waals surface area (Å²) < 4.78 is 0. The van der Waals surface area contributed by atoms with Crippen molar-refractivity contribution in [3.05, 3.63) is 70.9 Å². The van der Waals surface area contributed by atoms with E-state index in [9.17, 15) is 9.59 Å². The van der Waals surface area contributed by atoms with Crippen molar-refractivity contribution in [1.82, 2.24) is 14.8 Å². The van der Waals surface area contributed by atoms with Crippen LogP contribution in [0, 0.1) is 5.92 Å². The lowest BCUT2D eigenvalue weighted by Gasteiger charge is -2.51. The van der Waals surface area contributed by atoms with Crippen molar-refractivity contribution in [3.63, 3.8) is 0 Å². The molecule has 5 rings (SSSR count). The molecule has 0 unspecified atom stereocenters. The molecule has 3 heterocycles. The number of para-hydroxylation sites is 1. The van der Waals surface area contributed by atoms with Crippen LogP contribution in [0.2, 0.25) is 0 Å². The van der Waals surface area contributed by atoms with Gasteiger partial charge in [0, 0.05) is 29.9 Å². The van der Waals surface area contributed by atoms with E-state index in [4.69, 9.17) is 0 Å². The van der Waals surface area contributed by atoms with Gasteiger partial charge in [-0.15, -0.1) is 0 Å². The zero-order chi connectivity index (χ0) is 23.3. The Morgan fingerprint density at radius 1 is 1.09 bits per heavy atom. The van der Waals surface area contributed by atoms with Crippen molar-refractivity contribution < 1.29 is 9.59 Å². The first-order valence-corrected chi connectivity index (χ1v) is 12.1. The fourth-order valence-electron chi connectivity index (χ4n) is 5.56. The van der Waals surface area contributed by atoms with Crippen molar-refractivity contribution in [3.8, 4) is 0 Å². The Hall–Kier alpha value is -3.08. The number of aromatic amines is 1. The molecule has 0 bridgehead atoms. The third kappa shape index (κ3) is 3.36. The minimum Gasteiger partial charge on any atom is -0.356 e. The number of hydrogen-bond donors (Lipinski definition) is 1. The Morgan fingerprint density at radius 2 is 1.82 bits per heavy atom. The van der Waals surface area contributed by atoms with Crippen LogP contribution in [0.25, 0.3) is 10.9 Å². The summed E-state index contributed by atoms with van der Waals surface area (Å²) in [5.74, 6) is 0.550. The van der Waals surface area contributed by atoms with Crippen molar-refractivity contribution >= 4 is 22.7 Å². The highest BCUT2D eigenvalue weighted by Gasteiger charge is 2.56. The first-order chi connectivity index (χ1) is 15.8. The van der Waals surface area contributed by atoms with Gasteiger partial charge in [0.15, 0.2) is 5.54 Å².